The number of aromatic nitrogens is 3. The van der Waals surface area contributed by atoms with E-state index in [2.05, 4.69) is 5.10 Å². The summed E-state index contributed by atoms with van der Waals surface area (Å²) in [7, 11) is 0. The van der Waals surface area contributed by atoms with E-state index in [4.69, 9.17) is 11.6 Å². The predicted molar refractivity (Wildman–Crippen MR) is 125 cm³/mol. The van der Waals surface area contributed by atoms with Gasteiger partial charge >= 0.3 is 0 Å². The van der Waals surface area contributed by atoms with Crippen molar-refractivity contribution in [3.8, 4) is 11.3 Å². The summed E-state index contributed by atoms with van der Waals surface area (Å²) in [6.07, 6.45) is 3.24. The highest BCUT2D eigenvalue weighted by atomic mass is 35.5. The van der Waals surface area contributed by atoms with Crippen LogP contribution in [0.1, 0.15) is 0 Å². The van der Waals surface area contributed by atoms with Gasteiger partial charge < -0.3 is 14.4 Å². The van der Waals surface area contributed by atoms with Gasteiger partial charge in [-0.15, -0.1) is 0 Å². The fourth-order valence-electron chi connectivity index (χ4n) is 4.06. The Balaban J connectivity index is 1.29. The van der Waals surface area contributed by atoms with Crippen LogP contribution in [0.15, 0.2) is 71.8 Å². The zero-order valence-electron chi connectivity index (χ0n) is 17.7. The molecule has 1 aliphatic rings. The first-order chi connectivity index (χ1) is 16.0. The van der Waals surface area contributed by atoms with Crippen LogP contribution in [0.25, 0.3) is 16.8 Å². The van der Waals surface area contributed by atoms with Crippen molar-refractivity contribution in [2.45, 2.75) is 6.54 Å². The second kappa shape index (κ2) is 8.71. The van der Waals surface area contributed by atoms with Gasteiger partial charge in [-0.3, -0.25) is 9.59 Å². The molecule has 0 aliphatic carbocycles. The van der Waals surface area contributed by atoms with Crippen molar-refractivity contribution in [3.05, 3.63) is 88.2 Å². The number of nitrogens with zero attached hydrogens (tertiary/aromatic N) is 5. The molecule has 0 bridgehead atoms. The number of piperazine rings is 1. The van der Waals surface area contributed by atoms with Crippen molar-refractivity contribution in [3.63, 3.8) is 0 Å². The Hall–Kier alpha value is -3.65. The van der Waals surface area contributed by atoms with Gasteiger partial charge in [0.1, 0.15) is 17.9 Å². The average molecular weight is 466 g/mol. The second-order valence-corrected chi connectivity index (χ2v) is 8.35. The van der Waals surface area contributed by atoms with Crippen molar-refractivity contribution in [2.24, 2.45) is 0 Å². The first-order valence-corrected chi connectivity index (χ1v) is 11.0. The van der Waals surface area contributed by atoms with Crippen LogP contribution in [0.2, 0.25) is 5.02 Å². The van der Waals surface area contributed by atoms with Crippen LogP contribution in [-0.4, -0.2) is 51.2 Å². The molecule has 0 N–H and O–H groups in total. The van der Waals surface area contributed by atoms with E-state index in [0.29, 0.717) is 48.1 Å². The van der Waals surface area contributed by atoms with Crippen molar-refractivity contribution in [1.82, 2.24) is 19.1 Å². The van der Waals surface area contributed by atoms with Gasteiger partial charge in [0.05, 0.1) is 11.4 Å². The van der Waals surface area contributed by atoms with E-state index in [1.807, 2.05) is 17.0 Å². The molecule has 2 aromatic heterocycles. The van der Waals surface area contributed by atoms with Gasteiger partial charge in [0.15, 0.2) is 0 Å². The second-order valence-electron chi connectivity index (χ2n) is 7.92. The van der Waals surface area contributed by atoms with Crippen LogP contribution in [-0.2, 0) is 11.3 Å². The summed E-state index contributed by atoms with van der Waals surface area (Å²) in [5, 5.41) is 5.08. The van der Waals surface area contributed by atoms with Gasteiger partial charge in [-0.05, 0) is 30.3 Å². The van der Waals surface area contributed by atoms with Crippen LogP contribution >= 0.6 is 11.6 Å². The number of para-hydroxylation sites is 1. The Bertz CT molecular complexity index is 1370. The van der Waals surface area contributed by atoms with Crippen LogP contribution < -0.4 is 10.5 Å². The quantitative estimate of drug-likeness (QED) is 0.464. The van der Waals surface area contributed by atoms with Gasteiger partial charge in [-0.2, -0.15) is 5.10 Å². The van der Waals surface area contributed by atoms with E-state index in [0.717, 1.165) is 5.56 Å². The molecular formula is C24H21ClFN5O2. The summed E-state index contributed by atoms with van der Waals surface area (Å²) in [4.78, 5) is 29.5. The van der Waals surface area contributed by atoms with Gasteiger partial charge in [0, 0.05) is 49.2 Å². The van der Waals surface area contributed by atoms with E-state index >= 15 is 0 Å². The predicted octanol–water partition coefficient (Wildman–Crippen LogP) is 3.30. The number of carbonyl (C=O) groups is 1. The van der Waals surface area contributed by atoms with Crippen LogP contribution in [0, 0.1) is 5.82 Å². The Morgan fingerprint density at radius 2 is 1.73 bits per heavy atom. The third-order valence-corrected chi connectivity index (χ3v) is 6.13. The lowest BCUT2D eigenvalue weighted by molar-refractivity contribution is -0.132. The molecule has 1 amide bonds. The molecule has 4 aromatic rings. The Labute approximate surface area is 194 Å². The van der Waals surface area contributed by atoms with E-state index in [1.165, 1.54) is 15.1 Å². The molecule has 9 heteroatoms. The van der Waals surface area contributed by atoms with Crippen LogP contribution in [0.3, 0.4) is 0 Å². The molecule has 33 heavy (non-hydrogen) atoms. The number of fused-ring (bicyclic) bond motifs is 1. The third-order valence-electron chi connectivity index (χ3n) is 5.87. The summed E-state index contributed by atoms with van der Waals surface area (Å²) >= 11 is 5.95. The molecule has 3 heterocycles. The lowest BCUT2D eigenvalue weighted by Crippen LogP contribution is -2.50. The molecular weight excluding hydrogens is 445 g/mol. The molecule has 0 saturated carbocycles. The molecule has 7 nitrogen and oxygen atoms in total. The maximum absolute atomic E-state index is 14.0. The highest BCUT2D eigenvalue weighted by Crippen LogP contribution is 2.21. The fraction of sp³-hybridized carbons (Fsp3) is 0.208. The van der Waals surface area contributed by atoms with E-state index in [1.54, 1.807) is 53.7 Å². The molecule has 0 radical (unpaired) electrons. The minimum Gasteiger partial charge on any atom is -0.366 e. The normalized spacial score (nSPS) is 14.1. The van der Waals surface area contributed by atoms with Gasteiger partial charge in [0.25, 0.3) is 5.56 Å². The molecule has 168 valence electrons. The lowest BCUT2D eigenvalue weighted by Gasteiger charge is -2.36. The maximum atomic E-state index is 14.0. The zero-order valence-corrected chi connectivity index (χ0v) is 18.5. The molecule has 0 atom stereocenters. The monoisotopic (exact) mass is 465 g/mol. The summed E-state index contributed by atoms with van der Waals surface area (Å²) in [5.74, 6) is -0.414. The van der Waals surface area contributed by atoms with Gasteiger partial charge in [0.2, 0.25) is 5.91 Å². The van der Waals surface area contributed by atoms with E-state index < -0.39 is 0 Å². The Morgan fingerprint density at radius 3 is 2.45 bits per heavy atom. The number of halogens is 2. The van der Waals surface area contributed by atoms with Crippen LogP contribution in [0.4, 0.5) is 10.1 Å². The SMILES string of the molecule is O=C(Cn1ccn2nc(-c3ccc(Cl)cc3)cc2c1=O)N1CCN(c2ccccc2F)CC1. The minimum atomic E-state index is -0.288. The standard InChI is InChI=1S/C24H21ClFN5O2/c25-18-7-5-17(6-8-18)20-15-22-24(33)30(13-14-31(22)27-20)16-23(32)29-11-9-28(10-12-29)21-4-2-1-3-19(21)26/h1-8,13-15H,9-12,16H2. The number of hydrogen-bond donors (Lipinski definition) is 0. The van der Waals surface area contributed by atoms with Crippen molar-refractivity contribution in [1.29, 1.82) is 0 Å². The summed E-state index contributed by atoms with van der Waals surface area (Å²) in [6, 6.07) is 15.6. The minimum absolute atomic E-state index is 0.0590. The van der Waals surface area contributed by atoms with Crippen LogP contribution in [0.5, 0.6) is 0 Å². The van der Waals surface area contributed by atoms with Crippen molar-refractivity contribution in [2.75, 3.05) is 31.1 Å². The number of anilines is 1. The lowest BCUT2D eigenvalue weighted by atomic mass is 10.1. The average Bonchev–Trinajstić information content (AvgIpc) is 3.27. The van der Waals surface area contributed by atoms with Crippen molar-refractivity contribution < 1.29 is 9.18 Å². The molecule has 0 unspecified atom stereocenters. The number of hydrogen-bond acceptors (Lipinski definition) is 4. The topological polar surface area (TPSA) is 62.9 Å². The Morgan fingerprint density at radius 1 is 1.00 bits per heavy atom. The van der Waals surface area contributed by atoms with Gasteiger partial charge in [-0.25, -0.2) is 8.91 Å². The molecule has 1 saturated heterocycles. The summed E-state index contributed by atoms with van der Waals surface area (Å²) < 4.78 is 17.0. The first-order valence-electron chi connectivity index (χ1n) is 10.6. The fourth-order valence-corrected chi connectivity index (χ4v) is 4.19. The molecule has 0 spiro atoms. The summed E-state index contributed by atoms with van der Waals surface area (Å²) in [5.41, 5.74) is 2.14. The number of amides is 1. The molecule has 5 rings (SSSR count). The van der Waals surface area contributed by atoms with Crippen molar-refractivity contribution >= 4 is 28.7 Å². The van der Waals surface area contributed by atoms with E-state index in [9.17, 15) is 14.0 Å². The largest absolute Gasteiger partial charge is 0.366 e. The highest BCUT2D eigenvalue weighted by molar-refractivity contribution is 6.30. The maximum Gasteiger partial charge on any atom is 0.277 e. The molecule has 1 fully saturated rings. The number of carbonyl (C=O) groups excluding carboxylic acids is 1. The zero-order chi connectivity index (χ0) is 22.9. The molecule has 2 aromatic carbocycles. The van der Waals surface area contributed by atoms with E-state index in [-0.39, 0.29) is 23.8 Å². The smallest absolute Gasteiger partial charge is 0.277 e. The summed E-state index contributed by atoms with van der Waals surface area (Å²) in [6.45, 7) is 1.95. The molecule has 1 aliphatic heterocycles. The third kappa shape index (κ3) is 4.21. The first kappa shape index (κ1) is 21.2. The Kier molecular flexibility index (Phi) is 5.60. The number of rotatable bonds is 4. The van der Waals surface area contributed by atoms with Gasteiger partial charge in [-0.1, -0.05) is 35.9 Å². The number of benzene rings is 2. The highest BCUT2D eigenvalue weighted by Gasteiger charge is 2.23.